The Labute approximate surface area is 115 Å². The summed E-state index contributed by atoms with van der Waals surface area (Å²) in [5, 5.41) is 11.1. The monoisotopic (exact) mass is 281 g/mol. The van der Waals surface area contributed by atoms with Gasteiger partial charge in [-0.3, -0.25) is 5.32 Å². The molecule has 0 aliphatic heterocycles. The molecule has 0 saturated carbocycles. The summed E-state index contributed by atoms with van der Waals surface area (Å²) in [5.41, 5.74) is 1.06. The van der Waals surface area contributed by atoms with Crippen LogP contribution in [0, 0.1) is 0 Å². The number of nitrogens with one attached hydrogen (secondary N) is 2. The fourth-order valence-corrected chi connectivity index (χ4v) is 1.72. The van der Waals surface area contributed by atoms with Crippen LogP contribution >= 0.6 is 23.8 Å². The summed E-state index contributed by atoms with van der Waals surface area (Å²) >= 11 is 10.9. The first-order valence-corrected chi connectivity index (χ1v) is 6.08. The normalized spacial score (nSPS) is 10.1. The Morgan fingerprint density at radius 3 is 3.06 bits per heavy atom. The molecule has 0 atom stereocenters. The topological polar surface area (TPSA) is 54.8 Å². The fourth-order valence-electron chi connectivity index (χ4n) is 1.41. The number of anilines is 1. The van der Waals surface area contributed by atoms with E-state index in [-0.39, 0.29) is 0 Å². The van der Waals surface area contributed by atoms with Crippen molar-refractivity contribution >= 4 is 34.9 Å². The Hall–Kier alpha value is -1.66. The molecule has 1 heterocycles. The molecule has 0 radical (unpaired) electrons. The number of benzene rings is 1. The van der Waals surface area contributed by atoms with Gasteiger partial charge in [-0.15, -0.1) is 5.10 Å². The van der Waals surface area contributed by atoms with E-state index in [4.69, 9.17) is 23.8 Å². The van der Waals surface area contributed by atoms with Gasteiger partial charge in [0.2, 0.25) is 5.95 Å². The Balaban J connectivity index is 2.04. The minimum Gasteiger partial charge on any atom is -0.365 e. The maximum atomic E-state index is 5.92. The van der Waals surface area contributed by atoms with Gasteiger partial charge in [-0.25, -0.2) is 9.67 Å². The van der Waals surface area contributed by atoms with Crippen LogP contribution in [-0.2, 0) is 6.54 Å². The molecule has 0 aliphatic rings. The van der Waals surface area contributed by atoms with Crippen LogP contribution in [-0.4, -0.2) is 26.9 Å². The van der Waals surface area contributed by atoms with Gasteiger partial charge in [0.05, 0.1) is 6.54 Å². The molecule has 0 fully saturated rings. The maximum absolute atomic E-state index is 5.92. The first-order chi connectivity index (χ1) is 8.67. The van der Waals surface area contributed by atoms with E-state index in [1.54, 1.807) is 18.1 Å². The average molecular weight is 282 g/mol. The first kappa shape index (κ1) is 12.8. The van der Waals surface area contributed by atoms with Crippen molar-refractivity contribution in [2.75, 3.05) is 12.4 Å². The fraction of sp³-hybridized carbons (Fsp3) is 0.182. The summed E-state index contributed by atoms with van der Waals surface area (Å²) in [6.07, 6.45) is 1.64. The van der Waals surface area contributed by atoms with Crippen molar-refractivity contribution in [1.82, 2.24) is 20.1 Å². The highest BCUT2D eigenvalue weighted by Gasteiger charge is 2.03. The van der Waals surface area contributed by atoms with E-state index >= 15 is 0 Å². The quantitative estimate of drug-likeness (QED) is 0.842. The number of halogens is 1. The van der Waals surface area contributed by atoms with Crippen molar-refractivity contribution in [3.05, 3.63) is 41.2 Å². The molecule has 94 valence electrons. The smallest absolute Gasteiger partial charge is 0.248 e. The molecule has 2 aromatic rings. The van der Waals surface area contributed by atoms with Gasteiger partial charge in [-0.1, -0.05) is 23.7 Å². The molecule has 0 spiro atoms. The summed E-state index contributed by atoms with van der Waals surface area (Å²) in [6.45, 7) is 0.613. The van der Waals surface area contributed by atoms with Crippen molar-refractivity contribution in [3.63, 3.8) is 0 Å². The number of thiocarbonyl (C=S) groups is 1. The second-order valence-electron chi connectivity index (χ2n) is 3.60. The van der Waals surface area contributed by atoms with E-state index in [9.17, 15) is 0 Å². The van der Waals surface area contributed by atoms with Crippen LogP contribution in [0.3, 0.4) is 0 Å². The van der Waals surface area contributed by atoms with Crippen LogP contribution in [0.15, 0.2) is 30.6 Å². The van der Waals surface area contributed by atoms with Crippen molar-refractivity contribution in [2.45, 2.75) is 6.54 Å². The molecule has 0 unspecified atom stereocenters. The first-order valence-electron chi connectivity index (χ1n) is 5.30. The summed E-state index contributed by atoms with van der Waals surface area (Å²) < 4.78 is 1.71. The highest BCUT2D eigenvalue weighted by atomic mass is 35.5. The summed E-state index contributed by atoms with van der Waals surface area (Å²) in [7, 11) is 1.73. The SMILES string of the molecule is CNC(=S)Nc1ncn(Cc2cccc(Cl)c2)n1. The van der Waals surface area contributed by atoms with Crippen molar-refractivity contribution in [2.24, 2.45) is 0 Å². The molecule has 0 aliphatic carbocycles. The van der Waals surface area contributed by atoms with Crippen LogP contribution in [0.5, 0.6) is 0 Å². The maximum Gasteiger partial charge on any atom is 0.248 e. The molecule has 2 N–H and O–H groups in total. The third kappa shape index (κ3) is 3.41. The minimum absolute atomic E-state index is 0.469. The second kappa shape index (κ2) is 5.79. The van der Waals surface area contributed by atoms with E-state index in [2.05, 4.69) is 20.7 Å². The molecule has 0 bridgehead atoms. The van der Waals surface area contributed by atoms with E-state index in [0.717, 1.165) is 5.56 Å². The van der Waals surface area contributed by atoms with Crippen LogP contribution in [0.1, 0.15) is 5.56 Å². The lowest BCUT2D eigenvalue weighted by atomic mass is 10.2. The molecule has 0 saturated heterocycles. The van der Waals surface area contributed by atoms with Crippen LogP contribution in [0.25, 0.3) is 0 Å². The Morgan fingerprint density at radius 1 is 1.50 bits per heavy atom. The number of rotatable bonds is 3. The molecule has 0 amide bonds. The largest absolute Gasteiger partial charge is 0.365 e. The zero-order valence-corrected chi connectivity index (χ0v) is 11.3. The molecule has 1 aromatic heterocycles. The highest BCUT2D eigenvalue weighted by Crippen LogP contribution is 2.11. The lowest BCUT2D eigenvalue weighted by molar-refractivity contribution is 0.687. The standard InChI is InChI=1S/C11H12ClN5S/c1-13-11(18)15-10-14-7-17(16-10)6-8-3-2-4-9(12)5-8/h2-5,7H,6H2,1H3,(H2,13,15,16,18). The van der Waals surface area contributed by atoms with E-state index in [1.165, 1.54) is 0 Å². The third-order valence-corrected chi connectivity index (χ3v) is 2.76. The van der Waals surface area contributed by atoms with Gasteiger partial charge in [-0.05, 0) is 29.9 Å². The second-order valence-corrected chi connectivity index (χ2v) is 4.44. The predicted octanol–water partition coefficient (Wildman–Crippen LogP) is 1.90. The predicted molar refractivity (Wildman–Crippen MR) is 75.9 cm³/mol. The summed E-state index contributed by atoms with van der Waals surface area (Å²) in [4.78, 5) is 4.10. The van der Waals surface area contributed by atoms with Gasteiger partial charge >= 0.3 is 0 Å². The number of hydrogen-bond acceptors (Lipinski definition) is 3. The molecule has 18 heavy (non-hydrogen) atoms. The van der Waals surface area contributed by atoms with Crippen molar-refractivity contribution in [1.29, 1.82) is 0 Å². The Bertz CT molecular complexity index is 554. The van der Waals surface area contributed by atoms with Gasteiger partial charge in [0.1, 0.15) is 6.33 Å². The average Bonchev–Trinajstić information content (AvgIpc) is 2.76. The molecule has 7 heteroatoms. The number of hydrogen-bond donors (Lipinski definition) is 2. The van der Waals surface area contributed by atoms with Gasteiger partial charge in [-0.2, -0.15) is 0 Å². The Kier molecular flexibility index (Phi) is 4.11. The number of aromatic nitrogens is 3. The molecule has 5 nitrogen and oxygen atoms in total. The van der Waals surface area contributed by atoms with Gasteiger partial charge < -0.3 is 5.32 Å². The van der Waals surface area contributed by atoms with Gasteiger partial charge in [0, 0.05) is 12.1 Å². The van der Waals surface area contributed by atoms with Crippen molar-refractivity contribution in [3.8, 4) is 0 Å². The van der Waals surface area contributed by atoms with E-state index in [0.29, 0.717) is 22.6 Å². The van der Waals surface area contributed by atoms with Crippen LogP contribution in [0.2, 0.25) is 5.02 Å². The zero-order chi connectivity index (χ0) is 13.0. The molecule has 1 aromatic carbocycles. The van der Waals surface area contributed by atoms with Gasteiger partial charge in [0.15, 0.2) is 5.11 Å². The van der Waals surface area contributed by atoms with E-state index in [1.807, 2.05) is 24.3 Å². The molecular formula is C11H12ClN5S. The minimum atomic E-state index is 0.469. The van der Waals surface area contributed by atoms with Crippen molar-refractivity contribution < 1.29 is 0 Å². The van der Waals surface area contributed by atoms with E-state index < -0.39 is 0 Å². The number of nitrogens with zero attached hydrogens (tertiary/aromatic N) is 3. The molecule has 2 rings (SSSR count). The van der Waals surface area contributed by atoms with Crippen LogP contribution in [0.4, 0.5) is 5.95 Å². The highest BCUT2D eigenvalue weighted by molar-refractivity contribution is 7.80. The van der Waals surface area contributed by atoms with Crippen LogP contribution < -0.4 is 10.6 Å². The van der Waals surface area contributed by atoms with Gasteiger partial charge in [0.25, 0.3) is 0 Å². The molecular weight excluding hydrogens is 270 g/mol. The Morgan fingerprint density at radius 2 is 2.33 bits per heavy atom. The lowest BCUT2D eigenvalue weighted by Gasteiger charge is -2.02. The third-order valence-electron chi connectivity index (χ3n) is 2.22. The zero-order valence-electron chi connectivity index (χ0n) is 9.72. The summed E-state index contributed by atoms with van der Waals surface area (Å²) in [5.74, 6) is 0.469. The summed E-state index contributed by atoms with van der Waals surface area (Å²) in [6, 6.07) is 7.63. The lowest BCUT2D eigenvalue weighted by Crippen LogP contribution is -2.24.